The first kappa shape index (κ1) is 33.7. The van der Waals surface area contributed by atoms with Crippen LogP contribution in [0, 0.1) is 0 Å². The number of benzene rings is 9. The normalized spacial score (nSPS) is 11.9. The summed E-state index contributed by atoms with van der Waals surface area (Å²) in [6, 6.07) is 75.9. The molecule has 5 heteroatoms. The Morgan fingerprint density at radius 2 is 0.689 bits per heavy atom. The fraction of sp³-hybridized carbons (Fsp3) is 0. The molecule has 0 aliphatic rings. The average molecular weight is 778 g/mol. The van der Waals surface area contributed by atoms with Crippen LogP contribution < -0.4 is 0 Å². The second-order valence-corrected chi connectivity index (χ2v) is 15.8. The van der Waals surface area contributed by atoms with E-state index in [1.807, 2.05) is 12.1 Å². The lowest BCUT2D eigenvalue weighted by atomic mass is 10.1. The number of hydrogen-bond donors (Lipinski definition) is 0. The number of fused-ring (bicyclic) bond motifs is 11. The Kier molecular flexibility index (Phi) is 7.24. The minimum atomic E-state index is 0.633. The quantitative estimate of drug-likeness (QED) is 0.175. The maximum absolute atomic E-state index is 5.32. The molecular formula is C56H35N5. The van der Waals surface area contributed by atoms with E-state index in [2.05, 4.69) is 214 Å². The van der Waals surface area contributed by atoms with Gasteiger partial charge in [0.1, 0.15) is 0 Å². The molecule has 5 nitrogen and oxygen atoms in total. The molecule has 4 aromatic heterocycles. The van der Waals surface area contributed by atoms with Crippen molar-refractivity contribution in [3.8, 4) is 39.8 Å². The summed E-state index contributed by atoms with van der Waals surface area (Å²) >= 11 is 0. The van der Waals surface area contributed by atoms with Crippen LogP contribution >= 0.6 is 0 Å². The molecule has 61 heavy (non-hydrogen) atoms. The molecule has 284 valence electrons. The Labute approximate surface area is 350 Å². The summed E-state index contributed by atoms with van der Waals surface area (Å²) in [6.45, 7) is 0. The predicted octanol–water partition coefficient (Wildman–Crippen LogP) is 14.3. The van der Waals surface area contributed by atoms with Gasteiger partial charge in [0.25, 0.3) is 0 Å². The van der Waals surface area contributed by atoms with Crippen LogP contribution in [0.1, 0.15) is 0 Å². The van der Waals surface area contributed by atoms with Gasteiger partial charge in [-0.05, 0) is 60.0 Å². The van der Waals surface area contributed by atoms with E-state index >= 15 is 0 Å². The van der Waals surface area contributed by atoms with Gasteiger partial charge in [-0.1, -0.05) is 158 Å². The van der Waals surface area contributed by atoms with E-state index in [1.165, 1.54) is 49.0 Å². The maximum atomic E-state index is 5.32. The summed E-state index contributed by atoms with van der Waals surface area (Å²) in [5.74, 6) is 0.633. The summed E-state index contributed by atoms with van der Waals surface area (Å²) in [6.07, 6.45) is 0. The van der Waals surface area contributed by atoms with E-state index in [0.717, 1.165) is 61.0 Å². The molecule has 0 saturated carbocycles. The van der Waals surface area contributed by atoms with Crippen LogP contribution in [-0.2, 0) is 0 Å². The van der Waals surface area contributed by atoms with Crippen molar-refractivity contribution in [2.75, 3.05) is 0 Å². The second-order valence-electron chi connectivity index (χ2n) is 15.8. The van der Waals surface area contributed by atoms with Gasteiger partial charge >= 0.3 is 0 Å². The molecule has 13 rings (SSSR count). The highest BCUT2D eigenvalue weighted by Crippen LogP contribution is 2.45. The van der Waals surface area contributed by atoms with Gasteiger partial charge in [0.05, 0.1) is 55.9 Å². The largest absolute Gasteiger partial charge is 0.309 e. The summed E-state index contributed by atoms with van der Waals surface area (Å²) in [5.41, 5.74) is 12.9. The fourth-order valence-corrected chi connectivity index (χ4v) is 9.89. The maximum Gasteiger partial charge on any atom is 0.235 e. The topological polar surface area (TPSA) is 40.6 Å². The van der Waals surface area contributed by atoms with Crippen molar-refractivity contribution in [2.45, 2.75) is 0 Å². The molecule has 0 bridgehead atoms. The van der Waals surface area contributed by atoms with Crippen molar-refractivity contribution in [1.29, 1.82) is 0 Å². The van der Waals surface area contributed by atoms with Crippen LogP contribution in [0.2, 0.25) is 0 Å². The molecule has 0 radical (unpaired) electrons. The van der Waals surface area contributed by atoms with Gasteiger partial charge in [0.15, 0.2) is 0 Å². The monoisotopic (exact) mass is 777 g/mol. The van der Waals surface area contributed by atoms with Crippen LogP contribution in [0.15, 0.2) is 212 Å². The van der Waals surface area contributed by atoms with E-state index < -0.39 is 0 Å². The second kappa shape index (κ2) is 13.1. The Bertz CT molecular complexity index is 3810. The Hall–Kier alpha value is -8.28. The van der Waals surface area contributed by atoms with Crippen molar-refractivity contribution in [2.24, 2.45) is 0 Å². The van der Waals surface area contributed by atoms with Crippen LogP contribution in [0.5, 0.6) is 0 Å². The predicted molar refractivity (Wildman–Crippen MR) is 253 cm³/mol. The first-order chi connectivity index (χ1) is 30.3. The minimum Gasteiger partial charge on any atom is -0.309 e. The molecule has 0 aliphatic carbocycles. The molecule has 0 aliphatic heterocycles. The van der Waals surface area contributed by atoms with Gasteiger partial charge in [-0.2, -0.15) is 0 Å². The smallest absolute Gasteiger partial charge is 0.235 e. The molecule has 9 aromatic carbocycles. The van der Waals surface area contributed by atoms with Crippen molar-refractivity contribution in [3.05, 3.63) is 212 Å². The molecule has 0 spiro atoms. The van der Waals surface area contributed by atoms with Crippen molar-refractivity contribution in [3.63, 3.8) is 0 Å². The van der Waals surface area contributed by atoms with Crippen molar-refractivity contribution < 1.29 is 0 Å². The van der Waals surface area contributed by atoms with Gasteiger partial charge < -0.3 is 9.13 Å². The number of rotatable bonds is 5. The molecule has 0 N–H and O–H groups in total. The van der Waals surface area contributed by atoms with Crippen LogP contribution in [0.3, 0.4) is 0 Å². The average Bonchev–Trinajstić information content (AvgIpc) is 3.97. The third-order valence-corrected chi connectivity index (χ3v) is 12.4. The van der Waals surface area contributed by atoms with Crippen LogP contribution in [0.25, 0.3) is 116 Å². The standard InChI is InChI=1S/C56H35N5/c1-3-18-37(19-4-1)43-35-44(38-20-5-2-6-21-38)58-56(57-43)61-48-29-14-9-24-40(48)53-49(31-16-32-50(53)61)60-47-28-13-11-26-42(47)55-52(60)34-33-51-54(55)41-25-10-12-27-46(41)59(51)45-30-15-22-36-17-7-8-23-39(36)45/h1-35H. The molecule has 4 heterocycles. The third kappa shape index (κ3) is 4.95. The fourth-order valence-electron chi connectivity index (χ4n) is 9.89. The molecule has 0 amide bonds. The molecule has 0 unspecified atom stereocenters. The molecule has 13 aromatic rings. The molecular weight excluding hydrogens is 743 g/mol. The minimum absolute atomic E-state index is 0.633. The van der Waals surface area contributed by atoms with Gasteiger partial charge in [0, 0.05) is 48.8 Å². The molecule has 0 fully saturated rings. The number of nitrogens with zero attached hydrogens (tertiary/aromatic N) is 5. The van der Waals surface area contributed by atoms with E-state index in [1.54, 1.807) is 0 Å². The van der Waals surface area contributed by atoms with Crippen molar-refractivity contribution >= 4 is 76.2 Å². The number of hydrogen-bond acceptors (Lipinski definition) is 2. The highest BCUT2D eigenvalue weighted by Gasteiger charge is 2.24. The summed E-state index contributed by atoms with van der Waals surface area (Å²) < 4.78 is 7.18. The number of aromatic nitrogens is 5. The van der Waals surface area contributed by atoms with Gasteiger partial charge in [-0.15, -0.1) is 0 Å². The lowest BCUT2D eigenvalue weighted by Gasteiger charge is -2.13. The zero-order valence-electron chi connectivity index (χ0n) is 32.9. The first-order valence-corrected chi connectivity index (χ1v) is 20.8. The number of para-hydroxylation sites is 3. The van der Waals surface area contributed by atoms with Crippen LogP contribution in [0.4, 0.5) is 0 Å². The lowest BCUT2D eigenvalue weighted by molar-refractivity contribution is 0.995. The highest BCUT2D eigenvalue weighted by atomic mass is 15.2. The Morgan fingerprint density at radius 3 is 1.30 bits per heavy atom. The Balaban J connectivity index is 1.12. The summed E-state index contributed by atoms with van der Waals surface area (Å²) in [5, 5.41) is 9.70. The summed E-state index contributed by atoms with van der Waals surface area (Å²) in [7, 11) is 0. The van der Waals surface area contributed by atoms with E-state index in [4.69, 9.17) is 9.97 Å². The Morgan fingerprint density at radius 1 is 0.279 bits per heavy atom. The van der Waals surface area contributed by atoms with Gasteiger partial charge in [0.2, 0.25) is 5.95 Å². The van der Waals surface area contributed by atoms with Crippen LogP contribution in [-0.4, -0.2) is 23.7 Å². The van der Waals surface area contributed by atoms with Gasteiger partial charge in [-0.3, -0.25) is 4.57 Å². The first-order valence-electron chi connectivity index (χ1n) is 20.8. The SMILES string of the molecule is c1ccc(-c2cc(-c3ccccc3)nc(-n3c4ccccc4c4c(-n5c6ccccc6c6c7c8ccccc8n(-c8cccc9ccccc89)c7ccc65)cccc43)n2)cc1. The lowest BCUT2D eigenvalue weighted by Crippen LogP contribution is -2.04. The molecule has 0 saturated heterocycles. The van der Waals surface area contributed by atoms with Gasteiger partial charge in [-0.25, -0.2) is 9.97 Å². The van der Waals surface area contributed by atoms with E-state index in [-0.39, 0.29) is 0 Å². The molecule has 0 atom stereocenters. The highest BCUT2D eigenvalue weighted by molar-refractivity contribution is 6.29. The zero-order valence-corrected chi connectivity index (χ0v) is 32.9. The van der Waals surface area contributed by atoms with Crippen molar-refractivity contribution in [1.82, 2.24) is 23.7 Å². The third-order valence-electron chi connectivity index (χ3n) is 12.4. The zero-order chi connectivity index (χ0) is 40.0. The summed E-state index contributed by atoms with van der Waals surface area (Å²) in [4.78, 5) is 10.6. The van der Waals surface area contributed by atoms with E-state index in [0.29, 0.717) is 5.95 Å². The van der Waals surface area contributed by atoms with E-state index in [9.17, 15) is 0 Å².